The van der Waals surface area contributed by atoms with Gasteiger partial charge in [0, 0.05) is 17.8 Å². The zero-order valence-corrected chi connectivity index (χ0v) is 12.8. The largest absolute Gasteiger partial charge is 0.340 e. The van der Waals surface area contributed by atoms with E-state index in [1.54, 1.807) is 11.7 Å². The van der Waals surface area contributed by atoms with E-state index in [0.29, 0.717) is 22.3 Å². The Labute approximate surface area is 135 Å². The van der Waals surface area contributed by atoms with Crippen LogP contribution in [0.3, 0.4) is 0 Å². The van der Waals surface area contributed by atoms with Crippen LogP contribution in [0.4, 0.5) is 11.5 Å². The Kier molecular flexibility index (Phi) is 3.16. The molecule has 4 rings (SSSR count). The van der Waals surface area contributed by atoms with E-state index in [1.807, 2.05) is 30.3 Å². The number of aryl methyl sites for hydroxylation is 1. The Bertz CT molecular complexity index is 989. The van der Waals surface area contributed by atoms with Gasteiger partial charge in [-0.1, -0.05) is 17.7 Å². The number of benzene rings is 1. The van der Waals surface area contributed by atoms with Crippen LogP contribution >= 0.6 is 11.6 Å². The van der Waals surface area contributed by atoms with Crippen molar-refractivity contribution in [2.45, 2.75) is 0 Å². The monoisotopic (exact) mass is 326 g/mol. The molecule has 23 heavy (non-hydrogen) atoms. The number of nitrogens with one attached hydrogen (secondary N) is 2. The van der Waals surface area contributed by atoms with Crippen LogP contribution in [0.1, 0.15) is 0 Å². The van der Waals surface area contributed by atoms with Crippen LogP contribution in [-0.4, -0.2) is 35.2 Å². The van der Waals surface area contributed by atoms with Gasteiger partial charge in [-0.3, -0.25) is 0 Å². The van der Waals surface area contributed by atoms with Gasteiger partial charge in [0.05, 0.1) is 11.1 Å². The standard InChI is InChI=1S/C14H11ClN8/c1-23-14(20-21-22-23)11-6-10-12(16-7-17-13(10)19-11)18-9-4-2-3-8(15)5-9/h2-7H,1H3,(H2,16,17,18,19). The van der Waals surface area contributed by atoms with Crippen molar-refractivity contribution in [3.8, 4) is 11.5 Å². The quantitative estimate of drug-likeness (QED) is 0.600. The summed E-state index contributed by atoms with van der Waals surface area (Å²) in [4.78, 5) is 11.8. The first-order valence-corrected chi connectivity index (χ1v) is 7.17. The maximum absolute atomic E-state index is 6.01. The molecule has 3 heterocycles. The first-order chi connectivity index (χ1) is 11.2. The molecule has 0 aliphatic carbocycles. The predicted octanol–water partition coefficient (Wildman–Crippen LogP) is 2.55. The number of anilines is 2. The Morgan fingerprint density at radius 2 is 2.13 bits per heavy atom. The highest BCUT2D eigenvalue weighted by Gasteiger charge is 2.13. The van der Waals surface area contributed by atoms with Crippen molar-refractivity contribution in [1.82, 2.24) is 35.2 Å². The van der Waals surface area contributed by atoms with Gasteiger partial charge in [-0.25, -0.2) is 14.6 Å². The Morgan fingerprint density at radius 1 is 1.22 bits per heavy atom. The highest BCUT2D eigenvalue weighted by molar-refractivity contribution is 6.30. The minimum Gasteiger partial charge on any atom is -0.340 e. The fourth-order valence-corrected chi connectivity index (χ4v) is 2.51. The lowest BCUT2D eigenvalue weighted by molar-refractivity contribution is 0.714. The van der Waals surface area contributed by atoms with Crippen LogP contribution in [0, 0.1) is 0 Å². The molecule has 0 aliphatic rings. The summed E-state index contributed by atoms with van der Waals surface area (Å²) < 4.78 is 1.59. The Balaban J connectivity index is 1.79. The lowest BCUT2D eigenvalue weighted by atomic mass is 10.3. The lowest BCUT2D eigenvalue weighted by Crippen LogP contribution is -1.94. The molecule has 0 atom stereocenters. The van der Waals surface area contributed by atoms with Gasteiger partial charge in [0.2, 0.25) is 0 Å². The molecule has 2 N–H and O–H groups in total. The number of hydrogen-bond donors (Lipinski definition) is 2. The van der Waals surface area contributed by atoms with Crippen molar-refractivity contribution < 1.29 is 0 Å². The predicted molar refractivity (Wildman–Crippen MR) is 86.4 cm³/mol. The van der Waals surface area contributed by atoms with Crippen molar-refractivity contribution in [3.63, 3.8) is 0 Å². The highest BCUT2D eigenvalue weighted by atomic mass is 35.5. The van der Waals surface area contributed by atoms with E-state index >= 15 is 0 Å². The number of hydrogen-bond acceptors (Lipinski definition) is 6. The average molecular weight is 327 g/mol. The van der Waals surface area contributed by atoms with E-state index in [1.165, 1.54) is 6.33 Å². The van der Waals surface area contributed by atoms with E-state index in [9.17, 15) is 0 Å². The number of aromatic amines is 1. The second-order valence-corrected chi connectivity index (χ2v) is 5.37. The van der Waals surface area contributed by atoms with Crippen LogP contribution in [0.5, 0.6) is 0 Å². The number of H-pyrrole nitrogens is 1. The van der Waals surface area contributed by atoms with Gasteiger partial charge >= 0.3 is 0 Å². The number of aromatic nitrogens is 7. The maximum Gasteiger partial charge on any atom is 0.198 e. The van der Waals surface area contributed by atoms with Gasteiger partial charge in [0.25, 0.3) is 0 Å². The number of tetrazole rings is 1. The molecule has 114 valence electrons. The van der Waals surface area contributed by atoms with Crippen LogP contribution < -0.4 is 5.32 Å². The second-order valence-electron chi connectivity index (χ2n) is 4.93. The maximum atomic E-state index is 6.01. The topological polar surface area (TPSA) is 97.2 Å². The average Bonchev–Trinajstić information content (AvgIpc) is 3.13. The summed E-state index contributed by atoms with van der Waals surface area (Å²) >= 11 is 6.01. The van der Waals surface area contributed by atoms with Crippen molar-refractivity contribution in [2.75, 3.05) is 5.32 Å². The van der Waals surface area contributed by atoms with Crippen molar-refractivity contribution in [3.05, 3.63) is 41.7 Å². The molecule has 0 saturated heterocycles. The van der Waals surface area contributed by atoms with E-state index in [2.05, 4.69) is 35.8 Å². The number of nitrogens with zero attached hydrogens (tertiary/aromatic N) is 6. The van der Waals surface area contributed by atoms with Gasteiger partial charge in [-0.2, -0.15) is 0 Å². The third-order valence-electron chi connectivity index (χ3n) is 3.37. The first-order valence-electron chi connectivity index (χ1n) is 6.80. The number of rotatable bonds is 3. The fraction of sp³-hybridized carbons (Fsp3) is 0.0714. The van der Waals surface area contributed by atoms with Crippen molar-refractivity contribution in [1.29, 1.82) is 0 Å². The molecule has 0 saturated carbocycles. The third kappa shape index (κ3) is 2.49. The minimum atomic E-state index is 0.622. The van der Waals surface area contributed by atoms with Gasteiger partial charge in [0.1, 0.15) is 17.8 Å². The molecule has 3 aromatic heterocycles. The summed E-state index contributed by atoms with van der Waals surface area (Å²) in [5.74, 6) is 1.30. The molecular weight excluding hydrogens is 316 g/mol. The lowest BCUT2D eigenvalue weighted by Gasteiger charge is -2.06. The van der Waals surface area contributed by atoms with E-state index in [0.717, 1.165) is 16.8 Å². The summed E-state index contributed by atoms with van der Waals surface area (Å²) in [6.45, 7) is 0. The first kappa shape index (κ1) is 13.6. The van der Waals surface area contributed by atoms with Gasteiger partial charge < -0.3 is 10.3 Å². The molecule has 0 amide bonds. The molecule has 0 fully saturated rings. The SMILES string of the molecule is Cn1nnnc1-c1cc2c(Nc3cccc(Cl)c3)ncnc2[nH]1. The zero-order valence-electron chi connectivity index (χ0n) is 12.0. The van der Waals surface area contributed by atoms with E-state index in [-0.39, 0.29) is 0 Å². The zero-order chi connectivity index (χ0) is 15.8. The fourth-order valence-electron chi connectivity index (χ4n) is 2.32. The summed E-state index contributed by atoms with van der Waals surface area (Å²) in [5, 5.41) is 16.2. The molecule has 0 unspecified atom stereocenters. The molecule has 0 spiro atoms. The van der Waals surface area contributed by atoms with Crippen LogP contribution in [0.15, 0.2) is 36.7 Å². The van der Waals surface area contributed by atoms with Gasteiger partial charge in [0.15, 0.2) is 5.82 Å². The van der Waals surface area contributed by atoms with Crippen LogP contribution in [-0.2, 0) is 7.05 Å². The second kappa shape index (κ2) is 5.33. The normalized spacial score (nSPS) is 11.0. The number of halogens is 1. The van der Waals surface area contributed by atoms with Crippen molar-refractivity contribution in [2.24, 2.45) is 7.05 Å². The van der Waals surface area contributed by atoms with Crippen molar-refractivity contribution >= 4 is 34.1 Å². The molecule has 1 aromatic carbocycles. The molecule has 0 aliphatic heterocycles. The van der Waals surface area contributed by atoms with E-state index < -0.39 is 0 Å². The van der Waals surface area contributed by atoms with Crippen LogP contribution in [0.2, 0.25) is 5.02 Å². The van der Waals surface area contributed by atoms with E-state index in [4.69, 9.17) is 11.6 Å². The van der Waals surface area contributed by atoms with Gasteiger partial charge in [-0.15, -0.1) is 5.10 Å². The van der Waals surface area contributed by atoms with Crippen LogP contribution in [0.25, 0.3) is 22.6 Å². The van der Waals surface area contributed by atoms with Gasteiger partial charge in [-0.05, 0) is 34.7 Å². The Hall–Kier alpha value is -3.00. The Morgan fingerprint density at radius 3 is 2.91 bits per heavy atom. The molecule has 0 radical (unpaired) electrons. The molecule has 0 bridgehead atoms. The summed E-state index contributed by atoms with van der Waals surface area (Å²) in [7, 11) is 1.78. The smallest absolute Gasteiger partial charge is 0.198 e. The molecule has 9 heteroatoms. The third-order valence-corrected chi connectivity index (χ3v) is 3.61. The summed E-state index contributed by atoms with van der Waals surface area (Å²) in [5.41, 5.74) is 2.31. The number of fused-ring (bicyclic) bond motifs is 1. The summed E-state index contributed by atoms with van der Waals surface area (Å²) in [6.07, 6.45) is 1.49. The highest BCUT2D eigenvalue weighted by Crippen LogP contribution is 2.27. The molecule has 4 aromatic rings. The minimum absolute atomic E-state index is 0.622. The summed E-state index contributed by atoms with van der Waals surface area (Å²) in [6, 6.07) is 9.35. The molecule has 8 nitrogen and oxygen atoms in total. The molecular formula is C14H11ClN8.